The third kappa shape index (κ3) is 2.83. The molecule has 0 saturated carbocycles. The molecule has 2 N–H and O–H groups in total. The van der Waals surface area contributed by atoms with Gasteiger partial charge in [-0.15, -0.1) is 0 Å². The number of aromatic nitrogens is 2. The summed E-state index contributed by atoms with van der Waals surface area (Å²) in [5.74, 6) is 0. The Morgan fingerprint density at radius 1 is 1.10 bits per heavy atom. The molecular weight excluding hydrogens is 258 g/mol. The third-order valence-electron chi connectivity index (χ3n) is 4.02. The average molecular weight is 279 g/mol. The molecule has 3 heteroatoms. The molecule has 3 rings (SSSR count). The predicted octanol–water partition coefficient (Wildman–Crippen LogP) is 3.38. The first-order valence-corrected chi connectivity index (χ1v) is 7.43. The van der Waals surface area contributed by atoms with Crippen LogP contribution in [0.25, 0.3) is 10.8 Å². The molecule has 1 atom stereocenters. The van der Waals surface area contributed by atoms with Crippen molar-refractivity contribution in [1.82, 2.24) is 9.78 Å². The van der Waals surface area contributed by atoms with E-state index in [-0.39, 0.29) is 6.04 Å². The first kappa shape index (κ1) is 13.8. The number of hydrogen-bond acceptors (Lipinski definition) is 2. The number of nitrogens with two attached hydrogens (primary N) is 1. The molecule has 0 aliphatic rings. The van der Waals surface area contributed by atoms with Gasteiger partial charge in [0, 0.05) is 25.2 Å². The molecule has 0 amide bonds. The van der Waals surface area contributed by atoms with Crippen LogP contribution in [-0.4, -0.2) is 9.78 Å². The average Bonchev–Trinajstić information content (AvgIpc) is 2.87. The quantitative estimate of drug-likeness (QED) is 0.795. The second-order valence-electron chi connectivity index (χ2n) is 5.52. The lowest BCUT2D eigenvalue weighted by molar-refractivity contribution is 0.638. The van der Waals surface area contributed by atoms with Crippen LogP contribution in [-0.2, 0) is 19.9 Å². The van der Waals surface area contributed by atoms with Crippen molar-refractivity contribution in [2.75, 3.05) is 0 Å². The summed E-state index contributed by atoms with van der Waals surface area (Å²) in [4.78, 5) is 0. The Morgan fingerprint density at radius 3 is 2.57 bits per heavy atom. The molecule has 0 aliphatic carbocycles. The van der Waals surface area contributed by atoms with Crippen molar-refractivity contribution in [2.24, 2.45) is 12.8 Å². The standard InChI is InChI=1S/C18H21N3/c1-3-16-11-17(21(2)20-16)12-18(19)15-9-8-13-6-4-5-7-14(13)10-15/h4-11,18H,3,12,19H2,1-2H3. The van der Waals surface area contributed by atoms with Crippen LogP contribution in [0.5, 0.6) is 0 Å². The Morgan fingerprint density at radius 2 is 1.86 bits per heavy atom. The molecule has 1 heterocycles. The molecule has 2 aromatic carbocycles. The van der Waals surface area contributed by atoms with Crippen LogP contribution in [0.4, 0.5) is 0 Å². The van der Waals surface area contributed by atoms with E-state index in [0.717, 1.165) is 18.5 Å². The summed E-state index contributed by atoms with van der Waals surface area (Å²) in [7, 11) is 1.99. The van der Waals surface area contributed by atoms with Gasteiger partial charge in [0.1, 0.15) is 0 Å². The molecule has 1 aromatic heterocycles. The molecule has 0 saturated heterocycles. The largest absolute Gasteiger partial charge is 0.324 e. The van der Waals surface area contributed by atoms with Gasteiger partial charge in [0.25, 0.3) is 0 Å². The van der Waals surface area contributed by atoms with E-state index in [4.69, 9.17) is 5.73 Å². The van der Waals surface area contributed by atoms with Crippen molar-refractivity contribution in [3.05, 3.63) is 65.5 Å². The third-order valence-corrected chi connectivity index (χ3v) is 4.02. The maximum atomic E-state index is 6.40. The van der Waals surface area contributed by atoms with E-state index in [1.54, 1.807) is 0 Å². The summed E-state index contributed by atoms with van der Waals surface area (Å²) < 4.78 is 1.94. The fourth-order valence-corrected chi connectivity index (χ4v) is 2.72. The highest BCUT2D eigenvalue weighted by atomic mass is 15.3. The van der Waals surface area contributed by atoms with Gasteiger partial charge in [0.05, 0.1) is 5.69 Å². The molecule has 0 fully saturated rings. The lowest BCUT2D eigenvalue weighted by Gasteiger charge is -2.13. The summed E-state index contributed by atoms with van der Waals surface area (Å²) >= 11 is 0. The molecule has 0 spiro atoms. The Hall–Kier alpha value is -2.13. The Kier molecular flexibility index (Phi) is 3.76. The lowest BCUT2D eigenvalue weighted by Crippen LogP contribution is -2.15. The Balaban J connectivity index is 1.85. The van der Waals surface area contributed by atoms with Gasteiger partial charge in [0.15, 0.2) is 0 Å². The number of benzene rings is 2. The zero-order valence-electron chi connectivity index (χ0n) is 12.6. The van der Waals surface area contributed by atoms with Gasteiger partial charge in [-0.3, -0.25) is 4.68 Å². The van der Waals surface area contributed by atoms with Crippen molar-refractivity contribution in [1.29, 1.82) is 0 Å². The Labute approximate surface area is 125 Å². The second kappa shape index (κ2) is 5.70. The van der Waals surface area contributed by atoms with Crippen LogP contribution in [0.3, 0.4) is 0 Å². The smallest absolute Gasteiger partial charge is 0.0624 e. The van der Waals surface area contributed by atoms with Gasteiger partial charge in [-0.05, 0) is 34.9 Å². The van der Waals surface area contributed by atoms with E-state index < -0.39 is 0 Å². The van der Waals surface area contributed by atoms with Crippen molar-refractivity contribution in [3.8, 4) is 0 Å². The van der Waals surface area contributed by atoms with Crippen molar-refractivity contribution >= 4 is 10.8 Å². The monoisotopic (exact) mass is 279 g/mol. The molecule has 3 aromatic rings. The number of hydrogen-bond donors (Lipinski definition) is 1. The van der Waals surface area contributed by atoms with Crippen LogP contribution >= 0.6 is 0 Å². The van der Waals surface area contributed by atoms with Crippen LogP contribution in [0.2, 0.25) is 0 Å². The van der Waals surface area contributed by atoms with Gasteiger partial charge < -0.3 is 5.73 Å². The maximum Gasteiger partial charge on any atom is 0.0624 e. The summed E-state index contributed by atoms with van der Waals surface area (Å²) in [6, 6.07) is 17.0. The zero-order chi connectivity index (χ0) is 14.8. The molecule has 0 radical (unpaired) electrons. The molecule has 1 unspecified atom stereocenters. The highest BCUT2D eigenvalue weighted by Gasteiger charge is 2.11. The zero-order valence-corrected chi connectivity index (χ0v) is 12.6. The molecule has 21 heavy (non-hydrogen) atoms. The van der Waals surface area contributed by atoms with Gasteiger partial charge in [-0.1, -0.05) is 43.3 Å². The van der Waals surface area contributed by atoms with E-state index in [0.29, 0.717) is 0 Å². The second-order valence-corrected chi connectivity index (χ2v) is 5.52. The first-order chi connectivity index (χ1) is 10.2. The minimum atomic E-state index is -0.00490. The van der Waals surface area contributed by atoms with Gasteiger partial charge in [0.2, 0.25) is 0 Å². The summed E-state index contributed by atoms with van der Waals surface area (Å²) in [5.41, 5.74) is 9.88. The van der Waals surface area contributed by atoms with Crippen LogP contribution < -0.4 is 5.73 Å². The molecule has 0 aliphatic heterocycles. The minimum absolute atomic E-state index is 0.00490. The molecule has 108 valence electrons. The van der Waals surface area contributed by atoms with Gasteiger partial charge in [-0.25, -0.2) is 0 Å². The number of fused-ring (bicyclic) bond motifs is 1. The Bertz CT molecular complexity index is 758. The number of aryl methyl sites for hydroxylation is 2. The highest BCUT2D eigenvalue weighted by molar-refractivity contribution is 5.83. The summed E-state index contributed by atoms with van der Waals surface area (Å²) in [5, 5.41) is 6.98. The van der Waals surface area contributed by atoms with E-state index >= 15 is 0 Å². The van der Waals surface area contributed by atoms with Crippen LogP contribution in [0.1, 0.15) is 29.9 Å². The first-order valence-electron chi connectivity index (χ1n) is 7.43. The summed E-state index contributed by atoms with van der Waals surface area (Å²) in [6.45, 7) is 2.12. The van der Waals surface area contributed by atoms with Gasteiger partial charge in [-0.2, -0.15) is 5.10 Å². The van der Waals surface area contributed by atoms with Gasteiger partial charge >= 0.3 is 0 Å². The number of nitrogens with zero attached hydrogens (tertiary/aromatic N) is 2. The summed E-state index contributed by atoms with van der Waals surface area (Å²) in [6.07, 6.45) is 1.76. The number of rotatable bonds is 4. The normalized spacial score (nSPS) is 12.7. The molecule has 0 bridgehead atoms. The topological polar surface area (TPSA) is 43.8 Å². The van der Waals surface area contributed by atoms with E-state index in [9.17, 15) is 0 Å². The highest BCUT2D eigenvalue weighted by Crippen LogP contribution is 2.22. The van der Waals surface area contributed by atoms with E-state index in [1.165, 1.54) is 22.0 Å². The SMILES string of the molecule is CCc1cc(CC(N)c2ccc3ccccc3c2)n(C)n1. The minimum Gasteiger partial charge on any atom is -0.324 e. The predicted molar refractivity (Wildman–Crippen MR) is 87.2 cm³/mol. The van der Waals surface area contributed by atoms with Crippen molar-refractivity contribution < 1.29 is 0 Å². The van der Waals surface area contributed by atoms with Crippen molar-refractivity contribution in [2.45, 2.75) is 25.8 Å². The molecular formula is C18H21N3. The van der Waals surface area contributed by atoms with Crippen molar-refractivity contribution in [3.63, 3.8) is 0 Å². The van der Waals surface area contributed by atoms with Crippen LogP contribution in [0, 0.1) is 0 Å². The fourth-order valence-electron chi connectivity index (χ4n) is 2.72. The lowest BCUT2D eigenvalue weighted by atomic mass is 9.99. The van der Waals surface area contributed by atoms with E-state index in [1.807, 2.05) is 11.7 Å². The fraction of sp³-hybridized carbons (Fsp3) is 0.278. The van der Waals surface area contributed by atoms with E-state index in [2.05, 4.69) is 60.6 Å². The maximum absolute atomic E-state index is 6.40. The molecule has 3 nitrogen and oxygen atoms in total. The van der Waals surface area contributed by atoms with Crippen LogP contribution in [0.15, 0.2) is 48.5 Å².